The Morgan fingerprint density at radius 1 is 1.15 bits per heavy atom. The molecular formula is C12H17NO7. The number of anilines is 1. The predicted molar refractivity (Wildman–Crippen MR) is 66.4 cm³/mol. The fourth-order valence-corrected chi connectivity index (χ4v) is 1.91. The second kappa shape index (κ2) is 5.52. The Labute approximate surface area is 114 Å². The van der Waals surface area contributed by atoms with Gasteiger partial charge in [0.15, 0.2) is 6.10 Å². The molecule has 0 saturated carbocycles. The highest BCUT2D eigenvalue weighted by Gasteiger charge is 2.55. The molecule has 1 saturated heterocycles. The number of nitrogens with two attached hydrogens (primary N) is 1. The van der Waals surface area contributed by atoms with Gasteiger partial charge < -0.3 is 40.7 Å². The number of nitrogen functional groups attached to an aromatic ring is 1. The van der Waals surface area contributed by atoms with E-state index in [0.717, 1.165) is 0 Å². The molecule has 1 aromatic carbocycles. The van der Waals surface area contributed by atoms with Crippen LogP contribution < -0.4 is 10.5 Å². The Kier molecular flexibility index (Phi) is 4.14. The molecule has 1 aliphatic rings. The van der Waals surface area contributed by atoms with Gasteiger partial charge in [0.1, 0.15) is 24.1 Å². The smallest absolute Gasteiger partial charge is 0.355 e. The molecule has 1 aliphatic heterocycles. The Morgan fingerprint density at radius 3 is 2.30 bits per heavy atom. The van der Waals surface area contributed by atoms with Crippen molar-refractivity contribution in [3.05, 3.63) is 24.3 Å². The van der Waals surface area contributed by atoms with E-state index in [9.17, 15) is 20.4 Å². The van der Waals surface area contributed by atoms with E-state index in [4.69, 9.17) is 20.3 Å². The number of hydrogen-bond acceptors (Lipinski definition) is 8. The van der Waals surface area contributed by atoms with Gasteiger partial charge in [-0.25, -0.2) is 0 Å². The van der Waals surface area contributed by atoms with Crippen LogP contribution in [0.3, 0.4) is 0 Å². The van der Waals surface area contributed by atoms with Crippen LogP contribution in [0.25, 0.3) is 0 Å². The van der Waals surface area contributed by atoms with Crippen LogP contribution in [0.5, 0.6) is 5.75 Å². The molecule has 0 radical (unpaired) electrons. The zero-order valence-electron chi connectivity index (χ0n) is 10.5. The third kappa shape index (κ3) is 2.70. The fraction of sp³-hybridized carbons (Fsp3) is 0.500. The lowest BCUT2D eigenvalue weighted by atomic mass is 9.98. The molecule has 5 atom stereocenters. The van der Waals surface area contributed by atoms with E-state index in [-0.39, 0.29) is 5.75 Å². The molecule has 0 aliphatic carbocycles. The summed E-state index contributed by atoms with van der Waals surface area (Å²) in [5.74, 6) is -2.47. The minimum Gasteiger partial charge on any atom is -0.437 e. The van der Waals surface area contributed by atoms with Crippen molar-refractivity contribution in [3.8, 4) is 5.75 Å². The molecule has 1 unspecified atom stereocenters. The molecule has 0 bridgehead atoms. The molecule has 1 aromatic rings. The second-order valence-electron chi connectivity index (χ2n) is 4.57. The highest BCUT2D eigenvalue weighted by atomic mass is 16.8. The Hall–Kier alpha value is -1.42. The van der Waals surface area contributed by atoms with E-state index in [1.807, 2.05) is 0 Å². The minimum atomic E-state index is -2.60. The van der Waals surface area contributed by atoms with Crippen LogP contribution in [-0.2, 0) is 4.74 Å². The van der Waals surface area contributed by atoms with Gasteiger partial charge in [-0.2, -0.15) is 0 Å². The van der Waals surface area contributed by atoms with Crippen LogP contribution in [-0.4, -0.2) is 62.5 Å². The molecule has 20 heavy (non-hydrogen) atoms. The molecule has 0 aromatic heterocycles. The summed E-state index contributed by atoms with van der Waals surface area (Å²) in [6.45, 7) is -0.668. The van der Waals surface area contributed by atoms with Gasteiger partial charge >= 0.3 is 5.97 Å². The van der Waals surface area contributed by atoms with E-state index < -0.39 is 37.0 Å². The summed E-state index contributed by atoms with van der Waals surface area (Å²) in [4.78, 5) is 0. The van der Waals surface area contributed by atoms with E-state index in [1.165, 1.54) is 24.3 Å². The predicted octanol–water partition coefficient (Wildman–Crippen LogP) is -2.23. The zero-order chi connectivity index (χ0) is 14.9. The van der Waals surface area contributed by atoms with Gasteiger partial charge in [-0.05, 0) is 24.3 Å². The molecule has 7 N–H and O–H groups in total. The van der Waals surface area contributed by atoms with Crippen LogP contribution in [0.1, 0.15) is 0 Å². The largest absolute Gasteiger partial charge is 0.437 e. The van der Waals surface area contributed by atoms with E-state index in [1.54, 1.807) is 0 Å². The third-order valence-corrected chi connectivity index (χ3v) is 3.07. The maximum atomic E-state index is 10.1. The normalized spacial score (nSPS) is 37.6. The van der Waals surface area contributed by atoms with Gasteiger partial charge in [-0.3, -0.25) is 0 Å². The molecule has 2 rings (SSSR count). The van der Waals surface area contributed by atoms with Gasteiger partial charge in [-0.1, -0.05) is 0 Å². The number of aliphatic hydroxyl groups is 5. The molecule has 0 amide bonds. The first-order valence-corrected chi connectivity index (χ1v) is 5.97. The van der Waals surface area contributed by atoms with Crippen LogP contribution in [0, 0.1) is 0 Å². The summed E-state index contributed by atoms with van der Waals surface area (Å²) in [6.07, 6.45) is -6.50. The molecule has 112 valence electrons. The first-order chi connectivity index (χ1) is 9.37. The number of rotatable bonds is 3. The van der Waals surface area contributed by atoms with Crippen molar-refractivity contribution in [1.29, 1.82) is 0 Å². The summed E-state index contributed by atoms with van der Waals surface area (Å²) in [5, 5.41) is 48.2. The van der Waals surface area contributed by atoms with Crippen LogP contribution in [0.15, 0.2) is 24.3 Å². The maximum Gasteiger partial charge on any atom is 0.355 e. The quantitative estimate of drug-likeness (QED) is 0.270. The molecule has 1 fully saturated rings. The Bertz CT molecular complexity index is 452. The van der Waals surface area contributed by atoms with E-state index >= 15 is 0 Å². The number of ether oxygens (including phenoxy) is 2. The van der Waals surface area contributed by atoms with Crippen molar-refractivity contribution in [1.82, 2.24) is 0 Å². The summed E-state index contributed by atoms with van der Waals surface area (Å²) in [6, 6.07) is 5.86. The number of hydrogen-bond donors (Lipinski definition) is 6. The van der Waals surface area contributed by atoms with Crippen LogP contribution in [0.4, 0.5) is 5.69 Å². The van der Waals surface area contributed by atoms with Crippen molar-refractivity contribution in [3.63, 3.8) is 0 Å². The third-order valence-electron chi connectivity index (χ3n) is 3.07. The van der Waals surface area contributed by atoms with Crippen molar-refractivity contribution in [2.24, 2.45) is 0 Å². The van der Waals surface area contributed by atoms with Gasteiger partial charge in [0, 0.05) is 5.69 Å². The van der Waals surface area contributed by atoms with Gasteiger partial charge in [0.25, 0.3) is 0 Å². The van der Waals surface area contributed by atoms with Gasteiger partial charge in [-0.15, -0.1) is 0 Å². The summed E-state index contributed by atoms with van der Waals surface area (Å²) < 4.78 is 10.1. The molecule has 8 heteroatoms. The number of benzene rings is 1. The first-order valence-electron chi connectivity index (χ1n) is 5.97. The van der Waals surface area contributed by atoms with Gasteiger partial charge in [0.05, 0.1) is 6.61 Å². The molecule has 8 nitrogen and oxygen atoms in total. The fourth-order valence-electron chi connectivity index (χ4n) is 1.91. The summed E-state index contributed by atoms with van der Waals surface area (Å²) in [7, 11) is 0. The van der Waals surface area contributed by atoms with Crippen molar-refractivity contribution in [2.75, 3.05) is 12.3 Å². The van der Waals surface area contributed by atoms with Crippen molar-refractivity contribution in [2.45, 2.75) is 30.4 Å². The van der Waals surface area contributed by atoms with Crippen molar-refractivity contribution < 1.29 is 35.0 Å². The average molecular weight is 287 g/mol. The SMILES string of the molecule is Nc1ccc(OC2(O)O[C@H](CO)[C@H](O)[C@H](O)[C@H]2O)cc1. The lowest BCUT2D eigenvalue weighted by Gasteiger charge is -2.44. The molecule has 0 spiro atoms. The minimum absolute atomic E-state index is 0.126. The number of aliphatic hydroxyl groups excluding tert-OH is 4. The van der Waals surface area contributed by atoms with E-state index in [0.29, 0.717) is 5.69 Å². The summed E-state index contributed by atoms with van der Waals surface area (Å²) >= 11 is 0. The van der Waals surface area contributed by atoms with Crippen LogP contribution in [0.2, 0.25) is 0 Å². The standard InChI is InChI=1S/C12H17NO7/c13-6-1-3-7(4-2-6)19-12(18)11(17)10(16)9(15)8(5-14)20-12/h1-4,8-11,14-18H,5,13H2/t8-,9+,10+,11-,12?/m1/s1. The van der Waals surface area contributed by atoms with Gasteiger partial charge in [0.2, 0.25) is 0 Å². The first kappa shape index (κ1) is 15.0. The maximum absolute atomic E-state index is 10.1. The highest BCUT2D eigenvalue weighted by Crippen LogP contribution is 2.31. The molecule has 1 heterocycles. The summed E-state index contributed by atoms with van der Waals surface area (Å²) in [5.41, 5.74) is 5.97. The lowest BCUT2D eigenvalue weighted by Crippen LogP contribution is -2.67. The Morgan fingerprint density at radius 2 is 1.75 bits per heavy atom. The highest BCUT2D eigenvalue weighted by molar-refractivity contribution is 5.41. The van der Waals surface area contributed by atoms with Crippen molar-refractivity contribution >= 4 is 5.69 Å². The Balaban J connectivity index is 2.20. The monoisotopic (exact) mass is 287 g/mol. The lowest BCUT2D eigenvalue weighted by molar-refractivity contribution is -0.422. The second-order valence-corrected chi connectivity index (χ2v) is 4.57. The zero-order valence-corrected chi connectivity index (χ0v) is 10.5. The van der Waals surface area contributed by atoms with E-state index in [2.05, 4.69) is 0 Å². The molecular weight excluding hydrogens is 270 g/mol. The average Bonchev–Trinajstić information content (AvgIpc) is 2.43. The topological polar surface area (TPSA) is 146 Å². The van der Waals surface area contributed by atoms with Crippen LogP contribution >= 0.6 is 0 Å².